The average Bonchev–Trinajstić information content (AvgIpc) is 2.83. The Balaban J connectivity index is 2.07. The molecule has 2 aromatic rings. The Morgan fingerprint density at radius 2 is 1.76 bits per heavy atom. The van der Waals surface area contributed by atoms with E-state index in [1.54, 1.807) is 6.92 Å². The largest absolute Gasteiger partial charge is 0.507 e. The highest BCUT2D eigenvalue weighted by Crippen LogP contribution is 2.35. The highest BCUT2D eigenvalue weighted by Gasteiger charge is 2.29. The minimum atomic E-state index is -4.47. The molecule has 0 aliphatic rings. The van der Waals surface area contributed by atoms with Gasteiger partial charge in [-0.05, 0) is 44.0 Å². The number of nitriles is 1. The third-order valence-electron chi connectivity index (χ3n) is 5.15. The molecule has 0 radical (unpaired) electrons. The van der Waals surface area contributed by atoms with Crippen LogP contribution >= 0.6 is 0 Å². The van der Waals surface area contributed by atoms with Gasteiger partial charge >= 0.3 is 18.1 Å². The van der Waals surface area contributed by atoms with Crippen LogP contribution in [-0.2, 0) is 20.7 Å². The monoisotopic (exact) mass is 522 g/mol. The Labute approximate surface area is 210 Å². The first-order chi connectivity index (χ1) is 17.4. The number of ketones is 1. The maximum atomic E-state index is 12.7. The van der Waals surface area contributed by atoms with Crippen molar-refractivity contribution in [2.75, 3.05) is 25.6 Å². The molecule has 2 N–H and O–H groups in total. The minimum Gasteiger partial charge on any atom is -0.507 e. The van der Waals surface area contributed by atoms with E-state index < -0.39 is 42.4 Å². The topological polar surface area (TPSA) is 135 Å². The number of alkyl halides is 3. The molecule has 0 aliphatic heterocycles. The predicted octanol–water partition coefficient (Wildman–Crippen LogP) is 4.23. The number of anilines is 1. The van der Waals surface area contributed by atoms with Crippen LogP contribution in [0.5, 0.6) is 17.2 Å². The molecule has 2 rings (SSSR count). The van der Waals surface area contributed by atoms with Crippen LogP contribution in [0.3, 0.4) is 0 Å². The number of benzene rings is 2. The summed E-state index contributed by atoms with van der Waals surface area (Å²) in [6.07, 6.45) is -6.01. The van der Waals surface area contributed by atoms with Crippen LogP contribution in [0.15, 0.2) is 24.3 Å². The number of aryl methyl sites for hydroxylation is 1. The van der Waals surface area contributed by atoms with E-state index in [1.165, 1.54) is 31.2 Å². The summed E-state index contributed by atoms with van der Waals surface area (Å²) in [6, 6.07) is 7.41. The van der Waals surface area contributed by atoms with Crippen molar-refractivity contribution < 1.29 is 46.9 Å². The van der Waals surface area contributed by atoms with Gasteiger partial charge in [-0.2, -0.15) is 18.4 Å². The number of phenols is 1. The van der Waals surface area contributed by atoms with Crippen molar-refractivity contribution >= 4 is 23.3 Å². The number of carbonyl (C=O) groups excluding carboxylic acids is 3. The number of carbonyl (C=O) groups is 3. The van der Waals surface area contributed by atoms with Gasteiger partial charge in [-0.1, -0.05) is 0 Å². The fraction of sp³-hybridized carbons (Fsp3) is 0.360. The molecular weight excluding hydrogens is 497 g/mol. The summed E-state index contributed by atoms with van der Waals surface area (Å²) < 4.78 is 53.8. The Bertz CT molecular complexity index is 1220. The maximum absolute atomic E-state index is 12.7. The summed E-state index contributed by atoms with van der Waals surface area (Å²) >= 11 is 0. The number of amides is 1. The van der Waals surface area contributed by atoms with E-state index in [1.807, 2.05) is 6.07 Å². The van der Waals surface area contributed by atoms with E-state index in [0.717, 1.165) is 7.11 Å². The van der Waals surface area contributed by atoms with Gasteiger partial charge in [-0.15, -0.1) is 0 Å². The molecule has 0 aromatic heterocycles. The molecular formula is C25H25F3N2O7. The Hall–Kier alpha value is -4.27. The second kappa shape index (κ2) is 12.6. The Kier molecular flexibility index (Phi) is 9.88. The van der Waals surface area contributed by atoms with Crippen LogP contribution in [0.25, 0.3) is 0 Å². The van der Waals surface area contributed by atoms with Crippen molar-refractivity contribution in [1.29, 1.82) is 5.26 Å². The summed E-state index contributed by atoms with van der Waals surface area (Å²) in [7, 11) is 1.06. The van der Waals surface area contributed by atoms with Crippen molar-refractivity contribution in [3.8, 4) is 23.3 Å². The summed E-state index contributed by atoms with van der Waals surface area (Å²) in [6.45, 7) is 2.82. The third-order valence-corrected chi connectivity index (χ3v) is 5.15. The van der Waals surface area contributed by atoms with E-state index in [9.17, 15) is 37.9 Å². The molecule has 37 heavy (non-hydrogen) atoms. The summed E-state index contributed by atoms with van der Waals surface area (Å²) in [5.74, 6) is -3.02. The molecule has 12 heteroatoms. The lowest BCUT2D eigenvalue weighted by Gasteiger charge is -2.16. The number of hydrogen-bond donors (Lipinski definition) is 2. The molecule has 0 heterocycles. The predicted molar refractivity (Wildman–Crippen MR) is 125 cm³/mol. The number of rotatable bonds is 10. The van der Waals surface area contributed by atoms with Gasteiger partial charge in [-0.25, -0.2) is 4.79 Å². The fourth-order valence-corrected chi connectivity index (χ4v) is 3.26. The number of methoxy groups -OCH3 is 1. The van der Waals surface area contributed by atoms with Gasteiger partial charge in [0, 0.05) is 30.2 Å². The van der Waals surface area contributed by atoms with Crippen molar-refractivity contribution in [3.05, 3.63) is 46.5 Å². The molecule has 198 valence electrons. The van der Waals surface area contributed by atoms with Crippen LogP contribution in [0.4, 0.5) is 18.9 Å². The molecule has 0 aliphatic carbocycles. The van der Waals surface area contributed by atoms with Gasteiger partial charge in [0.25, 0.3) is 0 Å². The Morgan fingerprint density at radius 3 is 2.32 bits per heavy atom. The van der Waals surface area contributed by atoms with Crippen LogP contribution in [0, 0.1) is 18.3 Å². The quantitative estimate of drug-likeness (QED) is 0.205. The Morgan fingerprint density at radius 1 is 1.11 bits per heavy atom. The number of halogens is 3. The molecule has 9 nitrogen and oxygen atoms in total. The number of hydrogen-bond acceptors (Lipinski definition) is 8. The van der Waals surface area contributed by atoms with E-state index in [-0.39, 0.29) is 53.5 Å². The first-order valence-electron chi connectivity index (χ1n) is 11.0. The van der Waals surface area contributed by atoms with Gasteiger partial charge in [-0.3, -0.25) is 9.59 Å². The van der Waals surface area contributed by atoms with E-state index in [0.29, 0.717) is 5.56 Å². The molecule has 1 amide bonds. The number of phenolic OH excluding ortho intramolecular Hbond substituents is 1. The summed E-state index contributed by atoms with van der Waals surface area (Å²) in [5.41, 5.74) is 0.683. The summed E-state index contributed by atoms with van der Waals surface area (Å²) in [4.78, 5) is 34.8. The number of Topliss-reactive ketones (excluding diaryl/α,β-unsaturated/α-hetero) is 1. The fourth-order valence-electron chi connectivity index (χ4n) is 3.26. The van der Waals surface area contributed by atoms with Crippen molar-refractivity contribution in [2.24, 2.45) is 0 Å². The van der Waals surface area contributed by atoms with Crippen LogP contribution in [0.1, 0.15) is 46.8 Å². The highest BCUT2D eigenvalue weighted by molar-refractivity contribution is 6.37. The number of ether oxygens (including phenoxy) is 3. The third kappa shape index (κ3) is 8.13. The van der Waals surface area contributed by atoms with Crippen LogP contribution < -0.4 is 14.8 Å². The van der Waals surface area contributed by atoms with E-state index in [2.05, 4.69) is 10.1 Å². The standard InChI is InChI=1S/C25H25F3N2O7/c1-14-11-16(13-29)21(12-19(14)30-23(33)24(34)35-3)37-10-4-9-36-20-6-5-17(15(2)31)22(32)18(20)7-8-25(26,27)28/h5-6,11-12,32H,4,7-10H2,1-3H3,(H,30,33). The normalized spacial score (nSPS) is 10.8. The molecule has 0 bridgehead atoms. The van der Waals surface area contributed by atoms with Gasteiger partial charge in [0.15, 0.2) is 5.78 Å². The second-order valence-corrected chi connectivity index (χ2v) is 7.88. The number of esters is 1. The van der Waals surface area contributed by atoms with Crippen molar-refractivity contribution in [1.82, 2.24) is 0 Å². The van der Waals surface area contributed by atoms with E-state index >= 15 is 0 Å². The first-order valence-corrected chi connectivity index (χ1v) is 11.0. The zero-order valence-electron chi connectivity index (χ0n) is 20.3. The SMILES string of the molecule is COC(=O)C(=O)Nc1cc(OCCCOc2ccc(C(C)=O)c(O)c2CCC(F)(F)F)c(C#N)cc1C. The molecule has 0 spiro atoms. The zero-order valence-corrected chi connectivity index (χ0v) is 20.3. The molecule has 0 saturated carbocycles. The molecule has 0 saturated heterocycles. The lowest BCUT2D eigenvalue weighted by molar-refractivity contribution is -0.150. The van der Waals surface area contributed by atoms with Gasteiger partial charge in [0.2, 0.25) is 0 Å². The smallest absolute Gasteiger partial charge is 0.396 e. The van der Waals surface area contributed by atoms with Crippen LogP contribution in [-0.4, -0.2) is 49.3 Å². The number of aromatic hydroxyl groups is 1. The van der Waals surface area contributed by atoms with Crippen molar-refractivity contribution in [3.63, 3.8) is 0 Å². The number of nitrogens with zero attached hydrogens (tertiary/aromatic N) is 1. The minimum absolute atomic E-state index is 0.00705. The lowest BCUT2D eigenvalue weighted by atomic mass is 10.0. The summed E-state index contributed by atoms with van der Waals surface area (Å²) in [5, 5.41) is 22.1. The second-order valence-electron chi connectivity index (χ2n) is 7.88. The first kappa shape index (κ1) is 29.0. The van der Waals surface area contributed by atoms with Gasteiger partial charge < -0.3 is 24.6 Å². The molecule has 0 fully saturated rings. The molecule has 2 aromatic carbocycles. The lowest BCUT2D eigenvalue weighted by Crippen LogP contribution is -2.24. The zero-order chi connectivity index (χ0) is 27.8. The highest BCUT2D eigenvalue weighted by atomic mass is 19.4. The average molecular weight is 522 g/mol. The van der Waals surface area contributed by atoms with Gasteiger partial charge in [0.1, 0.15) is 23.3 Å². The van der Waals surface area contributed by atoms with Crippen LogP contribution in [0.2, 0.25) is 0 Å². The van der Waals surface area contributed by atoms with E-state index in [4.69, 9.17) is 9.47 Å². The van der Waals surface area contributed by atoms with Gasteiger partial charge in [0.05, 0.1) is 31.5 Å². The maximum Gasteiger partial charge on any atom is 0.396 e. The molecule has 0 unspecified atom stereocenters. The number of nitrogens with one attached hydrogen (secondary N) is 1. The molecule has 0 atom stereocenters. The van der Waals surface area contributed by atoms with Crippen molar-refractivity contribution in [2.45, 2.75) is 39.3 Å².